The Bertz CT molecular complexity index is 426. The van der Waals surface area contributed by atoms with Crippen LogP contribution in [0.1, 0.15) is 22.8 Å². The predicted molar refractivity (Wildman–Crippen MR) is 67.7 cm³/mol. The number of carbonyl (C=O) groups excluding carboxylic acids is 1. The monoisotopic (exact) mass is 233 g/mol. The Hall–Kier alpha value is -1.35. The fraction of sp³-hybridized carbons (Fsp3) is 0.500. The van der Waals surface area contributed by atoms with Gasteiger partial charge >= 0.3 is 0 Å². The molecule has 1 aliphatic rings. The Labute approximate surface area is 102 Å². The van der Waals surface area contributed by atoms with E-state index in [-0.39, 0.29) is 11.7 Å². The first kappa shape index (κ1) is 12.1. The van der Waals surface area contributed by atoms with Crippen molar-refractivity contribution in [3.8, 4) is 5.75 Å². The molecule has 0 N–H and O–H groups in total. The molecule has 17 heavy (non-hydrogen) atoms. The number of nitrogens with zero attached hydrogens (tertiary/aromatic N) is 1. The van der Waals surface area contributed by atoms with Crippen molar-refractivity contribution in [3.05, 3.63) is 29.3 Å². The van der Waals surface area contributed by atoms with Crippen LogP contribution in [-0.4, -0.2) is 37.9 Å². The summed E-state index contributed by atoms with van der Waals surface area (Å²) >= 11 is 0. The molecule has 1 aromatic rings. The summed E-state index contributed by atoms with van der Waals surface area (Å²) in [5.41, 5.74) is 2.00. The molecule has 1 aliphatic carbocycles. The van der Waals surface area contributed by atoms with Gasteiger partial charge in [-0.05, 0) is 38.2 Å². The zero-order chi connectivity index (χ0) is 12.4. The summed E-state index contributed by atoms with van der Waals surface area (Å²) in [6.07, 6.45) is 0.867. The molecular formula is C14H19NO2. The minimum atomic E-state index is 0.127. The van der Waals surface area contributed by atoms with Gasteiger partial charge in [0, 0.05) is 18.0 Å². The fourth-order valence-electron chi connectivity index (χ4n) is 2.09. The van der Waals surface area contributed by atoms with Crippen LogP contribution in [0, 0.1) is 5.92 Å². The number of hydrogen-bond acceptors (Lipinski definition) is 3. The van der Waals surface area contributed by atoms with E-state index >= 15 is 0 Å². The molecular weight excluding hydrogens is 214 g/mol. The number of Topliss-reactive ketones (excluding diaryl/α,β-unsaturated/α-hetero) is 1. The fourth-order valence-corrected chi connectivity index (χ4v) is 2.09. The topological polar surface area (TPSA) is 29.5 Å². The van der Waals surface area contributed by atoms with Gasteiger partial charge in [-0.3, -0.25) is 4.79 Å². The Kier molecular flexibility index (Phi) is 3.48. The maximum Gasteiger partial charge on any atom is 0.166 e. The molecule has 1 atom stereocenters. The number of likely N-dealkylation sites (N-methyl/N-ethyl adjacent to an activating group) is 1. The average molecular weight is 233 g/mol. The lowest BCUT2D eigenvalue weighted by atomic mass is 10.1. The number of ether oxygens (including phenoxy) is 1. The highest BCUT2D eigenvalue weighted by Crippen LogP contribution is 2.29. The van der Waals surface area contributed by atoms with E-state index in [4.69, 9.17) is 4.74 Å². The Morgan fingerprint density at radius 1 is 1.41 bits per heavy atom. The van der Waals surface area contributed by atoms with Crippen LogP contribution in [0.4, 0.5) is 0 Å². The van der Waals surface area contributed by atoms with Crippen LogP contribution in [0.3, 0.4) is 0 Å². The molecule has 0 bridgehead atoms. The molecule has 0 radical (unpaired) electrons. The first-order chi connectivity index (χ1) is 8.08. The minimum Gasteiger partial charge on any atom is -0.492 e. The summed E-state index contributed by atoms with van der Waals surface area (Å²) < 4.78 is 5.63. The summed E-state index contributed by atoms with van der Waals surface area (Å²) in [4.78, 5) is 13.9. The van der Waals surface area contributed by atoms with E-state index in [9.17, 15) is 4.79 Å². The molecule has 3 heteroatoms. The lowest BCUT2D eigenvalue weighted by Crippen LogP contribution is -2.19. The first-order valence-electron chi connectivity index (χ1n) is 6.02. The Balaban J connectivity index is 2.05. The van der Waals surface area contributed by atoms with Gasteiger partial charge in [-0.15, -0.1) is 0 Å². The lowest BCUT2D eigenvalue weighted by molar-refractivity contribution is 0.0946. The summed E-state index contributed by atoms with van der Waals surface area (Å²) in [5.74, 6) is 1.17. The summed E-state index contributed by atoms with van der Waals surface area (Å²) in [6.45, 7) is 3.51. The second kappa shape index (κ2) is 4.88. The van der Waals surface area contributed by atoms with Gasteiger partial charge in [-0.25, -0.2) is 0 Å². The Morgan fingerprint density at radius 3 is 2.88 bits per heavy atom. The molecule has 2 rings (SSSR count). The van der Waals surface area contributed by atoms with Crippen LogP contribution in [0.5, 0.6) is 5.75 Å². The molecule has 0 amide bonds. The van der Waals surface area contributed by atoms with E-state index in [1.807, 2.05) is 39.2 Å². The molecule has 0 saturated carbocycles. The second-order valence-electron chi connectivity index (χ2n) is 4.94. The van der Waals surface area contributed by atoms with Crippen molar-refractivity contribution in [2.45, 2.75) is 13.3 Å². The van der Waals surface area contributed by atoms with Gasteiger partial charge < -0.3 is 9.64 Å². The van der Waals surface area contributed by atoms with Crippen molar-refractivity contribution >= 4 is 5.78 Å². The largest absolute Gasteiger partial charge is 0.492 e. The van der Waals surface area contributed by atoms with E-state index in [1.165, 1.54) is 0 Å². The van der Waals surface area contributed by atoms with Gasteiger partial charge in [-0.2, -0.15) is 0 Å². The Morgan fingerprint density at radius 2 is 2.18 bits per heavy atom. The van der Waals surface area contributed by atoms with Crippen LogP contribution in [-0.2, 0) is 6.42 Å². The molecule has 0 aromatic heterocycles. The number of hydrogen-bond donors (Lipinski definition) is 0. The van der Waals surface area contributed by atoms with Crippen molar-refractivity contribution in [3.63, 3.8) is 0 Å². The maximum atomic E-state index is 11.9. The standard InChI is InChI=1S/C14H19NO2/c1-10-8-11-4-5-12(9-13(11)14(10)16)17-7-6-15(2)3/h4-5,9-10H,6-8H2,1-3H3/t10-/m0/s1. The third-order valence-electron chi connectivity index (χ3n) is 3.13. The van der Waals surface area contributed by atoms with Gasteiger partial charge in [0.15, 0.2) is 5.78 Å². The lowest BCUT2D eigenvalue weighted by Gasteiger charge is -2.11. The first-order valence-corrected chi connectivity index (χ1v) is 6.02. The van der Waals surface area contributed by atoms with E-state index in [0.29, 0.717) is 6.61 Å². The van der Waals surface area contributed by atoms with Crippen LogP contribution in [0.25, 0.3) is 0 Å². The van der Waals surface area contributed by atoms with Crippen molar-refractivity contribution in [2.24, 2.45) is 5.92 Å². The molecule has 0 spiro atoms. The van der Waals surface area contributed by atoms with Gasteiger partial charge in [-0.1, -0.05) is 13.0 Å². The zero-order valence-corrected chi connectivity index (χ0v) is 10.7. The SMILES string of the molecule is C[C@H]1Cc2ccc(OCCN(C)C)cc2C1=O. The smallest absolute Gasteiger partial charge is 0.166 e. The molecule has 0 aliphatic heterocycles. The van der Waals surface area contributed by atoms with E-state index < -0.39 is 0 Å². The van der Waals surface area contributed by atoms with Crippen molar-refractivity contribution in [2.75, 3.05) is 27.2 Å². The van der Waals surface area contributed by atoms with E-state index in [2.05, 4.69) is 4.90 Å². The molecule has 0 fully saturated rings. The van der Waals surface area contributed by atoms with Crippen molar-refractivity contribution in [1.82, 2.24) is 4.90 Å². The number of carbonyl (C=O) groups is 1. The zero-order valence-electron chi connectivity index (χ0n) is 10.7. The van der Waals surface area contributed by atoms with E-state index in [1.54, 1.807) is 0 Å². The number of rotatable bonds is 4. The van der Waals surface area contributed by atoms with Gasteiger partial charge in [0.2, 0.25) is 0 Å². The summed E-state index contributed by atoms with van der Waals surface area (Å²) in [6, 6.07) is 5.86. The van der Waals surface area contributed by atoms with Crippen LogP contribution >= 0.6 is 0 Å². The molecule has 0 heterocycles. The van der Waals surface area contributed by atoms with Gasteiger partial charge in [0.05, 0.1) is 0 Å². The minimum absolute atomic E-state index is 0.127. The van der Waals surface area contributed by atoms with Crippen molar-refractivity contribution in [1.29, 1.82) is 0 Å². The van der Waals surface area contributed by atoms with Crippen LogP contribution in [0.15, 0.2) is 18.2 Å². The molecule has 92 valence electrons. The van der Waals surface area contributed by atoms with Crippen LogP contribution < -0.4 is 4.74 Å². The predicted octanol–water partition coefficient (Wildman–Crippen LogP) is 2.00. The summed E-state index contributed by atoms with van der Waals surface area (Å²) in [7, 11) is 4.02. The third kappa shape index (κ3) is 2.67. The molecule has 0 unspecified atom stereocenters. The van der Waals surface area contributed by atoms with Gasteiger partial charge in [0.1, 0.15) is 12.4 Å². The van der Waals surface area contributed by atoms with Crippen molar-refractivity contribution < 1.29 is 9.53 Å². The normalized spacial score (nSPS) is 18.6. The summed E-state index contributed by atoms with van der Waals surface area (Å²) in [5, 5.41) is 0. The highest BCUT2D eigenvalue weighted by Gasteiger charge is 2.26. The molecule has 0 saturated heterocycles. The van der Waals surface area contributed by atoms with E-state index in [0.717, 1.165) is 29.8 Å². The number of fused-ring (bicyclic) bond motifs is 1. The number of ketones is 1. The second-order valence-corrected chi connectivity index (χ2v) is 4.94. The van der Waals surface area contributed by atoms with Crippen LogP contribution in [0.2, 0.25) is 0 Å². The molecule has 3 nitrogen and oxygen atoms in total. The third-order valence-corrected chi connectivity index (χ3v) is 3.13. The van der Waals surface area contributed by atoms with Gasteiger partial charge in [0.25, 0.3) is 0 Å². The highest BCUT2D eigenvalue weighted by molar-refractivity contribution is 6.02. The highest BCUT2D eigenvalue weighted by atomic mass is 16.5. The number of benzene rings is 1. The quantitative estimate of drug-likeness (QED) is 0.796. The molecule has 1 aromatic carbocycles. The average Bonchev–Trinajstić information content (AvgIpc) is 2.55. The maximum absolute atomic E-state index is 11.9.